The summed E-state index contributed by atoms with van der Waals surface area (Å²) in [7, 11) is 0. The van der Waals surface area contributed by atoms with Crippen molar-refractivity contribution >= 4 is 18.1 Å². The quantitative estimate of drug-likeness (QED) is 0.247. The Morgan fingerprint density at radius 1 is 1.00 bits per heavy atom. The Morgan fingerprint density at radius 2 is 1.79 bits per heavy atom. The van der Waals surface area contributed by atoms with Gasteiger partial charge in [0.1, 0.15) is 11.5 Å². The minimum Gasteiger partial charge on any atom is -0.483 e. The molecule has 4 rings (SSSR count). The lowest BCUT2D eigenvalue weighted by atomic mass is 10.1. The van der Waals surface area contributed by atoms with E-state index in [-0.39, 0.29) is 19.3 Å². The molecule has 8 heteroatoms. The summed E-state index contributed by atoms with van der Waals surface area (Å²) in [5, 5.41) is 3.96. The highest BCUT2D eigenvalue weighted by atomic mass is 16.7. The van der Waals surface area contributed by atoms with Crippen LogP contribution in [0, 0.1) is 20.8 Å². The van der Waals surface area contributed by atoms with E-state index in [0.717, 1.165) is 16.7 Å². The lowest BCUT2D eigenvalue weighted by molar-refractivity contribution is -0.123. The van der Waals surface area contributed by atoms with E-state index in [2.05, 4.69) is 10.5 Å². The van der Waals surface area contributed by atoms with Gasteiger partial charge in [-0.05, 0) is 73.4 Å². The van der Waals surface area contributed by atoms with Gasteiger partial charge in [0, 0.05) is 0 Å². The third-order valence-corrected chi connectivity index (χ3v) is 5.30. The third-order valence-electron chi connectivity index (χ3n) is 5.30. The summed E-state index contributed by atoms with van der Waals surface area (Å²) in [6.07, 6.45) is 1.46. The molecule has 1 heterocycles. The predicted molar refractivity (Wildman–Crippen MR) is 126 cm³/mol. The summed E-state index contributed by atoms with van der Waals surface area (Å²) in [6, 6.07) is 15.6. The number of esters is 1. The lowest BCUT2D eigenvalue weighted by Gasteiger charge is -2.13. The van der Waals surface area contributed by atoms with Crippen LogP contribution in [0.1, 0.15) is 32.6 Å². The second kappa shape index (κ2) is 10.1. The molecule has 0 aliphatic carbocycles. The van der Waals surface area contributed by atoms with E-state index >= 15 is 0 Å². The smallest absolute Gasteiger partial charge is 0.343 e. The summed E-state index contributed by atoms with van der Waals surface area (Å²) in [5.74, 6) is 1.22. The molecular weight excluding hydrogens is 436 g/mol. The lowest BCUT2D eigenvalue weighted by Crippen LogP contribution is -2.25. The van der Waals surface area contributed by atoms with Crippen LogP contribution in [0.2, 0.25) is 0 Å². The second-order valence-electron chi connectivity index (χ2n) is 7.77. The number of hydrazone groups is 1. The molecule has 0 saturated carbocycles. The predicted octanol–water partition coefficient (Wildman–Crippen LogP) is 4.09. The van der Waals surface area contributed by atoms with Crippen molar-refractivity contribution in [1.82, 2.24) is 5.43 Å². The standard InChI is InChI=1S/C26H24N2O6/c1-16-7-8-17(2)25(18(16)3)31-14-24(29)28-27-13-19-5-4-6-21(11-19)34-26(30)20-9-10-22-23(12-20)33-15-32-22/h4-13H,14-15H2,1-3H3,(H,28,29)/b27-13-. The first-order chi connectivity index (χ1) is 16.4. The molecule has 1 amide bonds. The molecule has 0 saturated heterocycles. The molecule has 1 aliphatic rings. The molecule has 34 heavy (non-hydrogen) atoms. The molecular formula is C26H24N2O6. The van der Waals surface area contributed by atoms with Gasteiger partial charge in [0.05, 0.1) is 11.8 Å². The fraction of sp³-hybridized carbons (Fsp3) is 0.192. The summed E-state index contributed by atoms with van der Waals surface area (Å²) in [4.78, 5) is 24.6. The molecule has 0 spiro atoms. The Labute approximate surface area is 197 Å². The first-order valence-electron chi connectivity index (χ1n) is 10.6. The number of nitrogens with one attached hydrogen (secondary N) is 1. The molecule has 0 bridgehead atoms. The number of hydrogen-bond donors (Lipinski definition) is 1. The van der Waals surface area contributed by atoms with Crippen molar-refractivity contribution in [1.29, 1.82) is 0 Å². The van der Waals surface area contributed by atoms with Crippen LogP contribution in [0.5, 0.6) is 23.0 Å². The monoisotopic (exact) mass is 460 g/mol. The molecule has 0 unspecified atom stereocenters. The van der Waals surface area contributed by atoms with Crippen LogP contribution in [0.25, 0.3) is 0 Å². The molecule has 8 nitrogen and oxygen atoms in total. The molecule has 0 radical (unpaired) electrons. The fourth-order valence-electron chi connectivity index (χ4n) is 3.34. The molecule has 3 aromatic carbocycles. The van der Waals surface area contributed by atoms with Gasteiger partial charge in [0.25, 0.3) is 5.91 Å². The SMILES string of the molecule is Cc1ccc(C)c(OCC(=O)N/N=C\c2cccc(OC(=O)c3ccc4c(c3)OCO4)c2)c1C. The molecule has 3 aromatic rings. The normalized spacial score (nSPS) is 12.0. The Morgan fingerprint density at radius 3 is 2.65 bits per heavy atom. The Hall–Kier alpha value is -4.33. The number of fused-ring (bicyclic) bond motifs is 1. The third kappa shape index (κ3) is 5.35. The number of benzene rings is 3. The minimum absolute atomic E-state index is 0.128. The maximum absolute atomic E-state index is 12.5. The van der Waals surface area contributed by atoms with Crippen molar-refractivity contribution in [3.05, 3.63) is 82.4 Å². The van der Waals surface area contributed by atoms with Crippen molar-refractivity contribution < 1.29 is 28.5 Å². The Balaban J connectivity index is 1.31. The van der Waals surface area contributed by atoms with Gasteiger partial charge in [-0.3, -0.25) is 4.79 Å². The van der Waals surface area contributed by atoms with Crippen LogP contribution in [0.4, 0.5) is 0 Å². The van der Waals surface area contributed by atoms with Crippen LogP contribution in [-0.4, -0.2) is 31.5 Å². The number of hydrogen-bond acceptors (Lipinski definition) is 7. The fourth-order valence-corrected chi connectivity index (χ4v) is 3.34. The highest BCUT2D eigenvalue weighted by molar-refractivity contribution is 5.92. The molecule has 174 valence electrons. The first-order valence-corrected chi connectivity index (χ1v) is 10.6. The maximum Gasteiger partial charge on any atom is 0.343 e. The average molecular weight is 460 g/mol. The average Bonchev–Trinajstić information content (AvgIpc) is 3.30. The van der Waals surface area contributed by atoms with Gasteiger partial charge in [-0.2, -0.15) is 5.10 Å². The topological polar surface area (TPSA) is 95.5 Å². The number of aryl methyl sites for hydroxylation is 2. The van der Waals surface area contributed by atoms with Crippen LogP contribution in [0.3, 0.4) is 0 Å². The van der Waals surface area contributed by atoms with Gasteiger partial charge in [-0.15, -0.1) is 0 Å². The Kier molecular flexibility index (Phi) is 6.77. The number of carbonyl (C=O) groups is 2. The first kappa shape index (κ1) is 22.8. The van der Waals surface area contributed by atoms with Crippen LogP contribution < -0.4 is 24.4 Å². The van der Waals surface area contributed by atoms with Crippen LogP contribution >= 0.6 is 0 Å². The van der Waals surface area contributed by atoms with E-state index in [1.807, 2.05) is 32.9 Å². The zero-order chi connectivity index (χ0) is 24.1. The number of ether oxygens (including phenoxy) is 4. The highest BCUT2D eigenvalue weighted by Crippen LogP contribution is 2.32. The maximum atomic E-state index is 12.5. The number of rotatable bonds is 7. The largest absolute Gasteiger partial charge is 0.483 e. The van der Waals surface area contributed by atoms with Crippen molar-refractivity contribution in [3.8, 4) is 23.0 Å². The van der Waals surface area contributed by atoms with Crippen LogP contribution in [0.15, 0.2) is 59.7 Å². The van der Waals surface area contributed by atoms with Gasteiger partial charge < -0.3 is 18.9 Å². The van der Waals surface area contributed by atoms with Crippen molar-refractivity contribution in [2.24, 2.45) is 5.10 Å². The number of carbonyl (C=O) groups excluding carboxylic acids is 2. The molecule has 0 fully saturated rings. The number of nitrogens with zero attached hydrogens (tertiary/aromatic N) is 1. The zero-order valence-electron chi connectivity index (χ0n) is 19.1. The van der Waals surface area contributed by atoms with Gasteiger partial charge in [0.2, 0.25) is 6.79 Å². The summed E-state index contributed by atoms with van der Waals surface area (Å²) in [5.41, 5.74) is 6.48. The van der Waals surface area contributed by atoms with Gasteiger partial charge in [-0.1, -0.05) is 24.3 Å². The van der Waals surface area contributed by atoms with Gasteiger partial charge in [-0.25, -0.2) is 10.2 Å². The van der Waals surface area contributed by atoms with E-state index in [1.165, 1.54) is 6.21 Å². The highest BCUT2D eigenvalue weighted by Gasteiger charge is 2.17. The second-order valence-corrected chi connectivity index (χ2v) is 7.77. The molecule has 1 aliphatic heterocycles. The van der Waals surface area contributed by atoms with Crippen LogP contribution in [-0.2, 0) is 4.79 Å². The van der Waals surface area contributed by atoms with Gasteiger partial charge in [0.15, 0.2) is 18.1 Å². The summed E-state index contributed by atoms with van der Waals surface area (Å²) in [6.45, 7) is 5.86. The summed E-state index contributed by atoms with van der Waals surface area (Å²) >= 11 is 0. The van der Waals surface area contributed by atoms with E-state index in [0.29, 0.717) is 34.1 Å². The summed E-state index contributed by atoms with van der Waals surface area (Å²) < 4.78 is 21.7. The molecule has 1 N–H and O–H groups in total. The van der Waals surface area contributed by atoms with Crippen molar-refractivity contribution in [2.45, 2.75) is 20.8 Å². The van der Waals surface area contributed by atoms with Crippen molar-refractivity contribution in [3.63, 3.8) is 0 Å². The van der Waals surface area contributed by atoms with Gasteiger partial charge >= 0.3 is 5.97 Å². The van der Waals surface area contributed by atoms with E-state index < -0.39 is 5.97 Å². The Bertz CT molecular complexity index is 1270. The van der Waals surface area contributed by atoms with E-state index in [1.54, 1.807) is 42.5 Å². The number of amides is 1. The minimum atomic E-state index is -0.528. The van der Waals surface area contributed by atoms with E-state index in [9.17, 15) is 9.59 Å². The molecule has 0 aromatic heterocycles. The zero-order valence-corrected chi connectivity index (χ0v) is 19.1. The molecule has 0 atom stereocenters. The van der Waals surface area contributed by atoms with Crippen molar-refractivity contribution in [2.75, 3.05) is 13.4 Å². The van der Waals surface area contributed by atoms with E-state index in [4.69, 9.17) is 18.9 Å².